The number of hydrogen-bond donors (Lipinski definition) is 1. The highest BCUT2D eigenvalue weighted by molar-refractivity contribution is 9.10. The number of likely N-dealkylation sites (tertiary alicyclic amines) is 1. The highest BCUT2D eigenvalue weighted by Gasteiger charge is 2.52. The summed E-state index contributed by atoms with van der Waals surface area (Å²) < 4.78 is 0.984. The zero-order chi connectivity index (χ0) is 17.3. The van der Waals surface area contributed by atoms with E-state index in [1.54, 1.807) is 0 Å². The molecule has 2 aliphatic rings. The van der Waals surface area contributed by atoms with Crippen LogP contribution in [0.15, 0.2) is 28.7 Å². The van der Waals surface area contributed by atoms with E-state index in [4.69, 9.17) is 0 Å². The number of piperidine rings is 1. The van der Waals surface area contributed by atoms with Crippen molar-refractivity contribution in [3.8, 4) is 0 Å². The van der Waals surface area contributed by atoms with Crippen LogP contribution in [0.1, 0.15) is 32.3 Å². The van der Waals surface area contributed by atoms with Crippen molar-refractivity contribution in [1.82, 2.24) is 15.1 Å². The molecule has 2 heterocycles. The standard InChI is InChI=1S/C18H24BrN3O2/c1-13(2)11-21-9-7-18(8-10-21)16(23)22(17(24)20-18)12-14-3-5-15(19)6-4-14/h3-6,13H,7-12H2,1-2H3,(H,20,24). The summed E-state index contributed by atoms with van der Waals surface area (Å²) >= 11 is 3.40. The minimum absolute atomic E-state index is 0.0698. The van der Waals surface area contributed by atoms with Gasteiger partial charge in [-0.05, 0) is 36.5 Å². The summed E-state index contributed by atoms with van der Waals surface area (Å²) in [5, 5.41) is 2.98. The van der Waals surface area contributed by atoms with Gasteiger partial charge in [-0.2, -0.15) is 0 Å². The minimum Gasteiger partial charge on any atom is -0.323 e. The van der Waals surface area contributed by atoms with Crippen LogP contribution in [0, 0.1) is 5.92 Å². The summed E-state index contributed by atoms with van der Waals surface area (Å²) in [4.78, 5) is 29.0. The summed E-state index contributed by atoms with van der Waals surface area (Å²) in [6, 6.07) is 7.45. The topological polar surface area (TPSA) is 52.7 Å². The first-order valence-electron chi connectivity index (χ1n) is 8.50. The number of carbonyl (C=O) groups is 2. The fourth-order valence-corrected chi connectivity index (χ4v) is 3.83. The molecule has 2 saturated heterocycles. The Balaban J connectivity index is 1.67. The number of nitrogens with zero attached hydrogens (tertiary/aromatic N) is 2. The van der Waals surface area contributed by atoms with E-state index in [2.05, 4.69) is 40.0 Å². The van der Waals surface area contributed by atoms with Gasteiger partial charge in [-0.15, -0.1) is 0 Å². The van der Waals surface area contributed by atoms with Gasteiger partial charge < -0.3 is 10.2 Å². The van der Waals surface area contributed by atoms with E-state index in [1.807, 2.05) is 24.3 Å². The monoisotopic (exact) mass is 393 g/mol. The van der Waals surface area contributed by atoms with Gasteiger partial charge in [0.05, 0.1) is 6.54 Å². The van der Waals surface area contributed by atoms with Crippen LogP contribution < -0.4 is 5.32 Å². The van der Waals surface area contributed by atoms with Gasteiger partial charge in [0.25, 0.3) is 5.91 Å². The Kier molecular flexibility index (Phi) is 4.97. The molecule has 1 N–H and O–H groups in total. The van der Waals surface area contributed by atoms with Crippen molar-refractivity contribution in [3.63, 3.8) is 0 Å². The summed E-state index contributed by atoms with van der Waals surface area (Å²) in [6.45, 7) is 7.49. The summed E-state index contributed by atoms with van der Waals surface area (Å²) in [6.07, 6.45) is 1.39. The lowest BCUT2D eigenvalue weighted by Gasteiger charge is -2.38. The molecule has 3 amide bonds. The Morgan fingerprint density at radius 1 is 1.17 bits per heavy atom. The van der Waals surface area contributed by atoms with Crippen molar-refractivity contribution in [1.29, 1.82) is 0 Å². The number of carbonyl (C=O) groups excluding carboxylic acids is 2. The molecule has 0 aromatic heterocycles. The number of rotatable bonds is 4. The predicted octanol–water partition coefficient (Wildman–Crippen LogP) is 2.99. The van der Waals surface area contributed by atoms with Gasteiger partial charge in [-0.3, -0.25) is 9.69 Å². The van der Waals surface area contributed by atoms with Gasteiger partial charge in [-0.25, -0.2) is 4.79 Å². The summed E-state index contributed by atoms with van der Waals surface area (Å²) in [5.41, 5.74) is 0.260. The van der Waals surface area contributed by atoms with Crippen LogP contribution in [0.25, 0.3) is 0 Å². The normalized spacial score (nSPS) is 20.9. The Morgan fingerprint density at radius 3 is 2.38 bits per heavy atom. The van der Waals surface area contributed by atoms with Gasteiger partial charge >= 0.3 is 6.03 Å². The van der Waals surface area contributed by atoms with E-state index < -0.39 is 5.54 Å². The number of benzene rings is 1. The molecule has 1 aromatic rings. The number of urea groups is 1. The maximum atomic E-state index is 12.9. The molecule has 0 radical (unpaired) electrons. The van der Waals surface area contributed by atoms with Crippen molar-refractivity contribution in [2.45, 2.75) is 38.8 Å². The van der Waals surface area contributed by atoms with E-state index in [1.165, 1.54) is 4.90 Å². The quantitative estimate of drug-likeness (QED) is 0.799. The first-order valence-corrected chi connectivity index (χ1v) is 9.30. The fourth-order valence-electron chi connectivity index (χ4n) is 3.56. The number of amides is 3. The van der Waals surface area contributed by atoms with Gasteiger partial charge in [0, 0.05) is 24.1 Å². The zero-order valence-electron chi connectivity index (χ0n) is 14.2. The second-order valence-electron chi connectivity index (χ2n) is 7.22. The molecule has 6 heteroatoms. The van der Waals surface area contributed by atoms with E-state index >= 15 is 0 Å². The molecule has 0 saturated carbocycles. The molecular weight excluding hydrogens is 370 g/mol. The average Bonchev–Trinajstić information content (AvgIpc) is 2.76. The molecule has 0 atom stereocenters. The molecule has 24 heavy (non-hydrogen) atoms. The lowest BCUT2D eigenvalue weighted by Crippen LogP contribution is -2.55. The molecule has 130 valence electrons. The van der Waals surface area contributed by atoms with Gasteiger partial charge in [0.1, 0.15) is 5.54 Å². The number of imide groups is 1. The number of nitrogens with one attached hydrogen (secondary N) is 1. The summed E-state index contributed by atoms with van der Waals surface area (Å²) in [7, 11) is 0. The molecule has 1 aromatic carbocycles. The Morgan fingerprint density at radius 2 is 1.79 bits per heavy atom. The lowest BCUT2D eigenvalue weighted by atomic mass is 9.87. The van der Waals surface area contributed by atoms with E-state index in [9.17, 15) is 9.59 Å². The van der Waals surface area contributed by atoms with Gasteiger partial charge in [-0.1, -0.05) is 41.9 Å². The van der Waals surface area contributed by atoms with Crippen molar-refractivity contribution in [3.05, 3.63) is 34.3 Å². The number of hydrogen-bond acceptors (Lipinski definition) is 3. The second kappa shape index (κ2) is 6.84. The van der Waals surface area contributed by atoms with Crippen LogP contribution in [0.2, 0.25) is 0 Å². The third-order valence-electron chi connectivity index (χ3n) is 4.83. The highest BCUT2D eigenvalue weighted by Crippen LogP contribution is 2.30. The fraction of sp³-hybridized carbons (Fsp3) is 0.556. The molecule has 5 nitrogen and oxygen atoms in total. The maximum absolute atomic E-state index is 12.9. The maximum Gasteiger partial charge on any atom is 0.325 e. The third kappa shape index (κ3) is 3.49. The van der Waals surface area contributed by atoms with Crippen LogP contribution in [0.5, 0.6) is 0 Å². The first-order chi connectivity index (χ1) is 11.4. The molecule has 0 unspecified atom stereocenters. The third-order valence-corrected chi connectivity index (χ3v) is 5.36. The Labute approximate surface area is 151 Å². The van der Waals surface area contributed by atoms with Crippen LogP contribution in [0.4, 0.5) is 4.79 Å². The van der Waals surface area contributed by atoms with E-state index in [0.717, 1.165) is 29.7 Å². The van der Waals surface area contributed by atoms with E-state index in [0.29, 0.717) is 25.3 Å². The molecule has 0 aliphatic carbocycles. The van der Waals surface area contributed by atoms with Crippen molar-refractivity contribution in [2.75, 3.05) is 19.6 Å². The predicted molar refractivity (Wildman–Crippen MR) is 96.5 cm³/mol. The van der Waals surface area contributed by atoms with Crippen LogP contribution in [-0.2, 0) is 11.3 Å². The SMILES string of the molecule is CC(C)CN1CCC2(CC1)NC(=O)N(Cc1ccc(Br)cc1)C2=O. The molecule has 2 fully saturated rings. The summed E-state index contributed by atoms with van der Waals surface area (Å²) in [5.74, 6) is 0.543. The van der Waals surface area contributed by atoms with Gasteiger partial charge in [0.15, 0.2) is 0 Å². The highest BCUT2D eigenvalue weighted by atomic mass is 79.9. The molecular formula is C18H24BrN3O2. The Bertz CT molecular complexity index is 622. The number of halogens is 1. The van der Waals surface area contributed by atoms with Crippen molar-refractivity contribution >= 4 is 27.9 Å². The molecule has 0 bridgehead atoms. The Hall–Kier alpha value is -1.40. The van der Waals surface area contributed by atoms with Crippen molar-refractivity contribution < 1.29 is 9.59 Å². The minimum atomic E-state index is -0.695. The van der Waals surface area contributed by atoms with Crippen LogP contribution in [-0.4, -0.2) is 46.9 Å². The van der Waals surface area contributed by atoms with Crippen LogP contribution >= 0.6 is 15.9 Å². The lowest BCUT2D eigenvalue weighted by molar-refractivity contribution is -0.133. The van der Waals surface area contributed by atoms with E-state index in [-0.39, 0.29) is 11.9 Å². The van der Waals surface area contributed by atoms with Gasteiger partial charge in [0.2, 0.25) is 0 Å². The smallest absolute Gasteiger partial charge is 0.323 e. The molecule has 2 aliphatic heterocycles. The molecule has 1 spiro atoms. The zero-order valence-corrected chi connectivity index (χ0v) is 15.8. The molecule has 3 rings (SSSR count). The second-order valence-corrected chi connectivity index (χ2v) is 8.14. The largest absolute Gasteiger partial charge is 0.325 e. The van der Waals surface area contributed by atoms with Crippen molar-refractivity contribution in [2.24, 2.45) is 5.92 Å². The van der Waals surface area contributed by atoms with Crippen LogP contribution in [0.3, 0.4) is 0 Å². The average molecular weight is 394 g/mol. The first kappa shape index (κ1) is 17.4.